The number of hydrogen-bond acceptors (Lipinski definition) is 10. The zero-order valence-corrected chi connectivity index (χ0v) is 38.9. The van der Waals surface area contributed by atoms with Gasteiger partial charge in [-0.05, 0) is 32.1 Å². The molecular weight excluding hydrogens is 773 g/mol. The molecule has 1 aliphatic heterocycles. The van der Waals surface area contributed by atoms with Crippen LogP contribution >= 0.6 is 7.82 Å². The van der Waals surface area contributed by atoms with Crippen LogP contribution in [-0.4, -0.2) is 115 Å². The van der Waals surface area contributed by atoms with Crippen molar-refractivity contribution in [3.63, 3.8) is 0 Å². The van der Waals surface area contributed by atoms with Gasteiger partial charge in [-0.25, -0.2) is 4.57 Å². The highest BCUT2D eigenvalue weighted by atomic mass is 31.2. The fraction of sp³-hybridized carbons (Fsp3) is 0.891. The number of allylic oxidation sites excluding steroid dienone is 2. The summed E-state index contributed by atoms with van der Waals surface area (Å²) in [6.07, 6.45) is 29.7. The summed E-state index contributed by atoms with van der Waals surface area (Å²) < 4.78 is 40.7. The lowest BCUT2D eigenvalue weighted by Gasteiger charge is -2.36. The van der Waals surface area contributed by atoms with Crippen molar-refractivity contribution >= 4 is 13.8 Å². The van der Waals surface area contributed by atoms with Gasteiger partial charge in [-0.3, -0.25) is 13.8 Å². The Kier molecular flexibility index (Phi) is 33.4. The molecule has 13 heteroatoms. The molecule has 0 saturated carbocycles. The lowest BCUT2D eigenvalue weighted by molar-refractivity contribution is -0.870. The van der Waals surface area contributed by atoms with Gasteiger partial charge in [0.05, 0.1) is 52.7 Å². The molecule has 0 radical (unpaired) electrons. The van der Waals surface area contributed by atoms with Crippen molar-refractivity contribution in [2.45, 2.75) is 205 Å². The van der Waals surface area contributed by atoms with E-state index in [0.29, 0.717) is 43.3 Å². The summed E-state index contributed by atoms with van der Waals surface area (Å²) in [6, 6.07) is 0. The third-order valence-corrected chi connectivity index (χ3v) is 11.8. The van der Waals surface area contributed by atoms with Gasteiger partial charge in [-0.2, -0.15) is 0 Å². The first-order chi connectivity index (χ1) is 28.3. The second-order valence-electron chi connectivity index (χ2n) is 17.7. The fourth-order valence-electron chi connectivity index (χ4n) is 7.06. The molecule has 0 bridgehead atoms. The summed E-state index contributed by atoms with van der Waals surface area (Å²) in [4.78, 5) is 23.1. The van der Waals surface area contributed by atoms with Gasteiger partial charge < -0.3 is 38.9 Å². The number of rotatable bonds is 39. The number of hydrogen-bond donors (Lipinski definition) is 4. The molecule has 12 nitrogen and oxygen atoms in total. The van der Waals surface area contributed by atoms with E-state index in [9.17, 15) is 29.6 Å². The maximum atomic E-state index is 12.8. The normalized spacial score (nSPS) is 21.0. The molecule has 7 atom stereocenters. The van der Waals surface area contributed by atoms with Crippen molar-refractivity contribution in [1.29, 1.82) is 0 Å². The minimum Gasteiger partial charge on any atom is -0.457 e. The minimum absolute atomic E-state index is 0.0410. The quantitative estimate of drug-likeness (QED) is 0.0153. The second-order valence-corrected chi connectivity index (χ2v) is 19.1. The molecule has 0 aromatic rings. The molecular formula is C46H89NO11P+. The van der Waals surface area contributed by atoms with Gasteiger partial charge in [0.1, 0.15) is 19.3 Å². The third kappa shape index (κ3) is 33.1. The topological polar surface area (TPSA) is 161 Å². The van der Waals surface area contributed by atoms with Crippen LogP contribution in [0.4, 0.5) is 0 Å². The number of aliphatic hydroxyl groups excluding tert-OH is 3. The fourth-order valence-corrected chi connectivity index (χ4v) is 7.80. The van der Waals surface area contributed by atoms with Crippen LogP contribution < -0.4 is 0 Å². The molecule has 1 aliphatic rings. The van der Waals surface area contributed by atoms with E-state index in [1.807, 2.05) is 33.3 Å². The summed E-state index contributed by atoms with van der Waals surface area (Å²) in [5, 5.41) is 31.1. The van der Waals surface area contributed by atoms with Crippen LogP contribution in [0.2, 0.25) is 0 Å². The zero-order valence-electron chi connectivity index (χ0n) is 38.0. The molecule has 1 rings (SSSR count). The molecule has 1 saturated heterocycles. The van der Waals surface area contributed by atoms with Gasteiger partial charge >= 0.3 is 13.8 Å². The van der Waals surface area contributed by atoms with Gasteiger partial charge in [0, 0.05) is 25.4 Å². The third-order valence-electron chi connectivity index (χ3n) is 10.8. The van der Waals surface area contributed by atoms with E-state index in [0.717, 1.165) is 38.5 Å². The Bertz CT molecular complexity index is 1120. The Balaban J connectivity index is 2.46. The van der Waals surface area contributed by atoms with Crippen molar-refractivity contribution in [3.8, 4) is 0 Å². The predicted molar refractivity (Wildman–Crippen MR) is 237 cm³/mol. The van der Waals surface area contributed by atoms with E-state index in [1.165, 1.54) is 83.5 Å². The number of ether oxygens (including phenoxy) is 3. The number of carbonyl (C=O) groups excluding carboxylic acids is 1. The van der Waals surface area contributed by atoms with Crippen molar-refractivity contribution in [1.82, 2.24) is 0 Å². The molecule has 0 spiro atoms. The number of phosphoric acid groups is 1. The Morgan fingerprint density at radius 2 is 1.36 bits per heavy atom. The summed E-state index contributed by atoms with van der Waals surface area (Å²) in [6.45, 7) is 5.16. The van der Waals surface area contributed by atoms with Crippen LogP contribution in [0.25, 0.3) is 0 Å². The number of quaternary nitrogens is 1. The SMILES string of the molecule is CCCCCCCCCCCCCCCCCCOCC(COP(=O)(O)OCC[N+](C)(C)C)OC(=O)CCC/C=C\CC1C(O)CC(O)OC1/C=C/C(O)CCCCC. The first kappa shape index (κ1) is 55.8. The van der Waals surface area contributed by atoms with Gasteiger partial charge in [-0.1, -0.05) is 154 Å². The van der Waals surface area contributed by atoms with Crippen LogP contribution in [0.1, 0.15) is 174 Å². The molecule has 0 aromatic heterocycles. The monoisotopic (exact) mass is 863 g/mol. The highest BCUT2D eigenvalue weighted by Gasteiger charge is 2.35. The predicted octanol–water partition coefficient (Wildman–Crippen LogP) is 9.71. The van der Waals surface area contributed by atoms with Crippen LogP contribution in [0.5, 0.6) is 0 Å². The van der Waals surface area contributed by atoms with Crippen LogP contribution in [0, 0.1) is 5.92 Å². The van der Waals surface area contributed by atoms with Gasteiger partial charge in [0.25, 0.3) is 0 Å². The lowest BCUT2D eigenvalue weighted by atomic mass is 9.87. The van der Waals surface area contributed by atoms with Crippen LogP contribution in [0.3, 0.4) is 0 Å². The number of carbonyl (C=O) groups is 1. The second kappa shape index (κ2) is 35.3. The lowest BCUT2D eigenvalue weighted by Crippen LogP contribution is -2.43. The Morgan fingerprint density at radius 1 is 0.780 bits per heavy atom. The maximum Gasteiger partial charge on any atom is 0.472 e. The summed E-state index contributed by atoms with van der Waals surface area (Å²) in [5.74, 6) is -0.734. The number of unbranched alkanes of at least 4 members (excludes halogenated alkanes) is 18. The number of nitrogens with zero attached hydrogens (tertiary/aromatic N) is 1. The van der Waals surface area contributed by atoms with E-state index in [2.05, 4.69) is 13.8 Å². The first-order valence-electron chi connectivity index (χ1n) is 23.5. The van der Waals surface area contributed by atoms with E-state index in [-0.39, 0.29) is 38.6 Å². The molecule has 0 aliphatic carbocycles. The van der Waals surface area contributed by atoms with Crippen molar-refractivity contribution in [2.75, 3.05) is 54.1 Å². The Hall–Kier alpha value is -1.18. The molecule has 4 N–H and O–H groups in total. The van der Waals surface area contributed by atoms with Crippen molar-refractivity contribution in [2.24, 2.45) is 5.92 Å². The molecule has 1 heterocycles. The van der Waals surface area contributed by atoms with Crippen molar-refractivity contribution in [3.05, 3.63) is 24.3 Å². The Labute approximate surface area is 359 Å². The first-order valence-corrected chi connectivity index (χ1v) is 25.0. The number of aliphatic hydroxyl groups is 3. The molecule has 0 aromatic carbocycles. The van der Waals surface area contributed by atoms with Gasteiger partial charge in [0.15, 0.2) is 6.29 Å². The van der Waals surface area contributed by atoms with Crippen molar-refractivity contribution < 1.29 is 57.3 Å². The highest BCUT2D eigenvalue weighted by Crippen LogP contribution is 2.43. The summed E-state index contributed by atoms with van der Waals surface area (Å²) in [5.41, 5.74) is 0. The van der Waals surface area contributed by atoms with Crippen LogP contribution in [0.15, 0.2) is 24.3 Å². The molecule has 7 unspecified atom stereocenters. The average Bonchev–Trinajstić information content (AvgIpc) is 3.17. The van der Waals surface area contributed by atoms with E-state index < -0.39 is 44.5 Å². The standard InChI is InChI=1S/C46H88NO11P/c1-6-8-10-11-12-13-14-15-16-17-18-19-20-21-24-28-35-54-38-41(39-56-59(52,53)55-36-34-47(3,4)5)57-45(50)31-27-23-22-26-30-42-43(49)37-46(51)58-44(42)33-32-40(48)29-25-9-7-2/h22,26,32-33,40-44,46,48-49,51H,6-21,23-25,27-31,34-39H2,1-5H3/p+1/b26-22-,33-32+. The van der Waals surface area contributed by atoms with E-state index >= 15 is 0 Å². The molecule has 59 heavy (non-hydrogen) atoms. The van der Waals surface area contributed by atoms with Gasteiger partial charge in [-0.15, -0.1) is 0 Å². The van der Waals surface area contributed by atoms with Gasteiger partial charge in [0.2, 0.25) is 0 Å². The largest absolute Gasteiger partial charge is 0.472 e. The maximum absolute atomic E-state index is 12.8. The Morgan fingerprint density at radius 3 is 1.95 bits per heavy atom. The van der Waals surface area contributed by atoms with E-state index in [4.69, 9.17) is 23.3 Å². The minimum atomic E-state index is -4.35. The molecule has 0 amide bonds. The molecule has 1 fully saturated rings. The number of esters is 1. The number of likely N-dealkylation sites (N-methyl/N-ethyl adjacent to an activating group) is 1. The number of phosphoric ester groups is 1. The highest BCUT2D eigenvalue weighted by molar-refractivity contribution is 7.47. The summed E-state index contributed by atoms with van der Waals surface area (Å²) in [7, 11) is 1.51. The molecule has 348 valence electrons. The average molecular weight is 863 g/mol. The summed E-state index contributed by atoms with van der Waals surface area (Å²) >= 11 is 0. The van der Waals surface area contributed by atoms with Crippen LogP contribution in [-0.2, 0) is 32.6 Å². The van der Waals surface area contributed by atoms with E-state index in [1.54, 1.807) is 12.2 Å². The smallest absolute Gasteiger partial charge is 0.457 e. The zero-order chi connectivity index (χ0) is 43.6.